The molecule has 0 spiro atoms. The molecular weight excluding hydrogens is 199 g/mol. The predicted molar refractivity (Wildman–Crippen MR) is 51.5 cm³/mol. The second-order valence-electron chi connectivity index (χ2n) is 3.69. The summed E-state index contributed by atoms with van der Waals surface area (Å²) in [4.78, 5) is 10.6. The van der Waals surface area contributed by atoms with Crippen LogP contribution in [-0.4, -0.2) is 17.2 Å². The molecule has 4 heteroatoms. The standard InChI is InChI=1S/C11H11FO3/c1-6-8(5-10(13)14)7-3-2-4-9(12)11(7)15-6/h2-4,6,8H,5H2,1H3,(H,13,14). The molecule has 80 valence electrons. The number of hydrogen-bond donors (Lipinski definition) is 1. The third kappa shape index (κ3) is 1.67. The fourth-order valence-electron chi connectivity index (χ4n) is 1.93. The van der Waals surface area contributed by atoms with Crippen LogP contribution in [0.5, 0.6) is 5.75 Å². The molecule has 15 heavy (non-hydrogen) atoms. The molecule has 0 aromatic heterocycles. The largest absolute Gasteiger partial charge is 0.487 e. The zero-order valence-electron chi connectivity index (χ0n) is 8.24. The average Bonchev–Trinajstić information content (AvgIpc) is 2.45. The molecule has 0 aliphatic carbocycles. The monoisotopic (exact) mass is 210 g/mol. The summed E-state index contributed by atoms with van der Waals surface area (Å²) in [6.07, 6.45) is -0.314. The number of rotatable bonds is 2. The maximum Gasteiger partial charge on any atom is 0.304 e. The second-order valence-corrected chi connectivity index (χ2v) is 3.69. The lowest BCUT2D eigenvalue weighted by molar-refractivity contribution is -0.137. The van der Waals surface area contributed by atoms with Crippen molar-refractivity contribution in [3.8, 4) is 5.75 Å². The first kappa shape index (κ1) is 9.96. The van der Waals surface area contributed by atoms with Gasteiger partial charge in [-0.1, -0.05) is 12.1 Å². The Balaban J connectivity index is 2.37. The Kier molecular flexibility index (Phi) is 2.34. The van der Waals surface area contributed by atoms with Crippen molar-refractivity contribution in [1.82, 2.24) is 0 Å². The molecule has 0 saturated heterocycles. The number of carbonyl (C=O) groups is 1. The minimum Gasteiger partial charge on any atom is -0.487 e. The number of para-hydroxylation sites is 1. The molecule has 2 unspecified atom stereocenters. The van der Waals surface area contributed by atoms with Crippen molar-refractivity contribution in [3.63, 3.8) is 0 Å². The summed E-state index contributed by atoms with van der Waals surface area (Å²) < 4.78 is 18.6. The summed E-state index contributed by atoms with van der Waals surface area (Å²) in [5.74, 6) is -1.37. The second kappa shape index (κ2) is 3.53. The number of halogens is 1. The van der Waals surface area contributed by atoms with Crippen LogP contribution >= 0.6 is 0 Å². The fraction of sp³-hybridized carbons (Fsp3) is 0.364. The van der Waals surface area contributed by atoms with E-state index in [1.54, 1.807) is 19.1 Å². The Morgan fingerprint density at radius 1 is 1.60 bits per heavy atom. The molecule has 1 aliphatic rings. The Morgan fingerprint density at radius 3 is 3.00 bits per heavy atom. The van der Waals surface area contributed by atoms with E-state index in [4.69, 9.17) is 9.84 Å². The van der Waals surface area contributed by atoms with Gasteiger partial charge in [-0.25, -0.2) is 4.39 Å². The van der Waals surface area contributed by atoms with Gasteiger partial charge < -0.3 is 9.84 Å². The van der Waals surface area contributed by atoms with Crippen molar-refractivity contribution in [2.45, 2.75) is 25.4 Å². The zero-order chi connectivity index (χ0) is 11.0. The number of hydrogen-bond acceptors (Lipinski definition) is 2. The molecule has 3 nitrogen and oxygen atoms in total. The maximum atomic E-state index is 13.3. The van der Waals surface area contributed by atoms with Gasteiger partial charge in [0.2, 0.25) is 0 Å². The van der Waals surface area contributed by atoms with Gasteiger partial charge in [0.1, 0.15) is 6.10 Å². The van der Waals surface area contributed by atoms with Gasteiger partial charge in [0, 0.05) is 11.5 Å². The van der Waals surface area contributed by atoms with Crippen molar-refractivity contribution < 1.29 is 19.0 Å². The van der Waals surface area contributed by atoms with Crippen LogP contribution in [0.1, 0.15) is 24.8 Å². The normalized spacial score (nSPS) is 23.3. The third-order valence-electron chi connectivity index (χ3n) is 2.66. The van der Waals surface area contributed by atoms with E-state index in [2.05, 4.69) is 0 Å². The molecule has 1 N–H and O–H groups in total. The first-order valence-corrected chi connectivity index (χ1v) is 4.76. The molecule has 1 aromatic carbocycles. The van der Waals surface area contributed by atoms with Crippen LogP contribution in [0.2, 0.25) is 0 Å². The van der Waals surface area contributed by atoms with E-state index in [0.29, 0.717) is 5.56 Å². The number of fused-ring (bicyclic) bond motifs is 1. The minimum absolute atomic E-state index is 0.0301. The van der Waals surface area contributed by atoms with Gasteiger partial charge in [0.15, 0.2) is 11.6 Å². The van der Waals surface area contributed by atoms with E-state index in [1.165, 1.54) is 6.07 Å². The first-order chi connectivity index (χ1) is 7.09. The molecule has 0 saturated carbocycles. The number of carboxylic acids is 1. The highest BCUT2D eigenvalue weighted by molar-refractivity contribution is 5.69. The molecule has 1 aromatic rings. The molecule has 2 atom stereocenters. The van der Waals surface area contributed by atoms with Crippen LogP contribution in [0.4, 0.5) is 4.39 Å². The summed E-state index contributed by atoms with van der Waals surface area (Å²) in [7, 11) is 0. The third-order valence-corrected chi connectivity index (χ3v) is 2.66. The minimum atomic E-state index is -0.896. The SMILES string of the molecule is CC1Oc2c(F)cccc2C1CC(=O)O. The lowest BCUT2D eigenvalue weighted by atomic mass is 9.93. The lowest BCUT2D eigenvalue weighted by Gasteiger charge is -2.11. The summed E-state index contributed by atoms with van der Waals surface area (Å²) in [5.41, 5.74) is 0.657. The topological polar surface area (TPSA) is 46.5 Å². The fourth-order valence-corrected chi connectivity index (χ4v) is 1.93. The Labute approximate surface area is 86.5 Å². The van der Waals surface area contributed by atoms with Crippen molar-refractivity contribution in [2.75, 3.05) is 0 Å². The molecule has 1 aliphatic heterocycles. The van der Waals surface area contributed by atoms with E-state index in [1.807, 2.05) is 0 Å². The van der Waals surface area contributed by atoms with E-state index in [9.17, 15) is 9.18 Å². The van der Waals surface area contributed by atoms with Gasteiger partial charge >= 0.3 is 5.97 Å². The Bertz CT molecular complexity index is 403. The Morgan fingerprint density at radius 2 is 2.33 bits per heavy atom. The van der Waals surface area contributed by atoms with Gasteiger partial charge in [-0.15, -0.1) is 0 Å². The number of benzene rings is 1. The van der Waals surface area contributed by atoms with Crippen LogP contribution in [0.15, 0.2) is 18.2 Å². The van der Waals surface area contributed by atoms with Crippen LogP contribution in [0.25, 0.3) is 0 Å². The molecule has 0 bridgehead atoms. The Hall–Kier alpha value is -1.58. The first-order valence-electron chi connectivity index (χ1n) is 4.76. The van der Waals surface area contributed by atoms with Crippen LogP contribution < -0.4 is 4.74 Å². The smallest absolute Gasteiger partial charge is 0.304 e. The highest BCUT2D eigenvalue weighted by Crippen LogP contribution is 2.41. The average molecular weight is 210 g/mol. The number of carboxylic acid groups (broad SMARTS) is 1. The molecule has 0 amide bonds. The van der Waals surface area contributed by atoms with Gasteiger partial charge in [0.25, 0.3) is 0 Å². The zero-order valence-corrected chi connectivity index (χ0v) is 8.24. The summed E-state index contributed by atoms with van der Waals surface area (Å²) >= 11 is 0. The van der Waals surface area contributed by atoms with Gasteiger partial charge in [0.05, 0.1) is 6.42 Å². The quantitative estimate of drug-likeness (QED) is 0.813. The van der Waals surface area contributed by atoms with Crippen molar-refractivity contribution in [2.24, 2.45) is 0 Å². The van der Waals surface area contributed by atoms with E-state index in [-0.39, 0.29) is 24.2 Å². The van der Waals surface area contributed by atoms with E-state index in [0.717, 1.165) is 0 Å². The molecule has 0 radical (unpaired) electrons. The van der Waals surface area contributed by atoms with Crippen molar-refractivity contribution in [3.05, 3.63) is 29.6 Å². The molecule has 1 heterocycles. The molecule has 2 rings (SSSR count). The number of aliphatic carboxylic acids is 1. The van der Waals surface area contributed by atoms with Crippen molar-refractivity contribution >= 4 is 5.97 Å². The van der Waals surface area contributed by atoms with E-state index < -0.39 is 11.8 Å². The summed E-state index contributed by atoms with van der Waals surface area (Å²) in [6.45, 7) is 1.76. The van der Waals surface area contributed by atoms with Gasteiger partial charge in [-0.05, 0) is 13.0 Å². The van der Waals surface area contributed by atoms with Gasteiger partial charge in [-0.2, -0.15) is 0 Å². The van der Waals surface area contributed by atoms with E-state index >= 15 is 0 Å². The van der Waals surface area contributed by atoms with Crippen molar-refractivity contribution in [1.29, 1.82) is 0 Å². The highest BCUT2D eigenvalue weighted by atomic mass is 19.1. The van der Waals surface area contributed by atoms with Crippen LogP contribution in [0, 0.1) is 5.82 Å². The summed E-state index contributed by atoms with van der Waals surface area (Å²) in [5, 5.41) is 8.74. The molecular formula is C11H11FO3. The summed E-state index contributed by atoms with van der Waals surface area (Å²) in [6, 6.07) is 4.61. The van der Waals surface area contributed by atoms with Gasteiger partial charge in [-0.3, -0.25) is 4.79 Å². The maximum absolute atomic E-state index is 13.3. The van der Waals surface area contributed by atoms with Crippen LogP contribution in [0.3, 0.4) is 0 Å². The van der Waals surface area contributed by atoms with Crippen LogP contribution in [-0.2, 0) is 4.79 Å². The predicted octanol–water partition coefficient (Wildman–Crippen LogP) is 2.16. The molecule has 0 fully saturated rings. The highest BCUT2D eigenvalue weighted by Gasteiger charge is 2.34. The lowest BCUT2D eigenvalue weighted by Crippen LogP contribution is -2.17. The number of ether oxygens (including phenoxy) is 1.